The highest BCUT2D eigenvalue weighted by molar-refractivity contribution is 6.01. The van der Waals surface area contributed by atoms with Crippen molar-refractivity contribution in [2.24, 2.45) is 5.73 Å². The summed E-state index contributed by atoms with van der Waals surface area (Å²) in [4.78, 5) is 26.2. The molecule has 1 aromatic rings. The van der Waals surface area contributed by atoms with Crippen LogP contribution in [0.1, 0.15) is 11.5 Å². The molecule has 0 aliphatic carbocycles. The van der Waals surface area contributed by atoms with Crippen molar-refractivity contribution in [2.75, 3.05) is 26.7 Å². The van der Waals surface area contributed by atoms with Gasteiger partial charge in [0, 0.05) is 26.1 Å². The number of carbonyl (C=O) groups is 2. The molecule has 18 heavy (non-hydrogen) atoms. The zero-order chi connectivity index (χ0) is 13.1. The van der Waals surface area contributed by atoms with Crippen molar-refractivity contribution in [3.8, 4) is 0 Å². The summed E-state index contributed by atoms with van der Waals surface area (Å²) in [5, 5.41) is 0. The first kappa shape index (κ1) is 12.6. The van der Waals surface area contributed by atoms with Crippen LogP contribution in [0.2, 0.25) is 0 Å². The Labute approximate surface area is 106 Å². The molecule has 0 saturated carbocycles. The van der Waals surface area contributed by atoms with Gasteiger partial charge in [-0.1, -0.05) is 30.3 Å². The molecule has 1 unspecified atom stereocenters. The van der Waals surface area contributed by atoms with E-state index in [1.54, 1.807) is 7.05 Å². The summed E-state index contributed by atoms with van der Waals surface area (Å²) in [6, 6.07) is 9.47. The molecule has 0 spiro atoms. The zero-order valence-electron chi connectivity index (χ0n) is 10.4. The quantitative estimate of drug-likeness (QED) is 0.793. The molecule has 2 rings (SSSR count). The molecule has 0 aromatic heterocycles. The van der Waals surface area contributed by atoms with Crippen molar-refractivity contribution in [1.29, 1.82) is 0 Å². The fourth-order valence-corrected chi connectivity index (χ4v) is 2.11. The zero-order valence-corrected chi connectivity index (χ0v) is 10.4. The van der Waals surface area contributed by atoms with E-state index in [0.29, 0.717) is 13.1 Å². The van der Waals surface area contributed by atoms with Crippen LogP contribution in [0.5, 0.6) is 0 Å². The molecule has 2 N–H and O–H groups in total. The number of nitrogens with two attached hydrogens (primary N) is 1. The van der Waals surface area contributed by atoms with Gasteiger partial charge in [0.05, 0.1) is 0 Å². The Kier molecular flexibility index (Phi) is 3.62. The minimum atomic E-state index is -0.241. The third-order valence-corrected chi connectivity index (χ3v) is 3.19. The van der Waals surface area contributed by atoms with E-state index in [1.807, 2.05) is 30.3 Å². The van der Waals surface area contributed by atoms with Gasteiger partial charge in [0.15, 0.2) is 0 Å². The normalized spacial score (nSPS) is 17.4. The SMILES string of the molecule is CN1CC(=O)N(CC(CN)c2ccccc2)C1=O. The van der Waals surface area contributed by atoms with E-state index >= 15 is 0 Å². The van der Waals surface area contributed by atoms with Crippen LogP contribution >= 0.6 is 0 Å². The lowest BCUT2D eigenvalue weighted by Gasteiger charge is -2.21. The van der Waals surface area contributed by atoms with Crippen LogP contribution in [0, 0.1) is 0 Å². The topological polar surface area (TPSA) is 66.6 Å². The lowest BCUT2D eigenvalue weighted by molar-refractivity contribution is -0.125. The van der Waals surface area contributed by atoms with Crippen LogP contribution in [-0.4, -0.2) is 48.4 Å². The van der Waals surface area contributed by atoms with Gasteiger partial charge in [0.2, 0.25) is 5.91 Å². The van der Waals surface area contributed by atoms with Gasteiger partial charge in [-0.2, -0.15) is 0 Å². The standard InChI is InChI=1S/C13H17N3O2/c1-15-9-12(17)16(13(15)18)8-11(7-14)10-5-3-2-4-6-10/h2-6,11H,7-9,14H2,1H3. The fraction of sp³-hybridized carbons (Fsp3) is 0.385. The Bertz CT molecular complexity index is 447. The maximum atomic E-state index is 11.8. The average Bonchev–Trinajstić information content (AvgIpc) is 2.62. The number of amides is 3. The molecule has 1 atom stereocenters. The third kappa shape index (κ3) is 2.36. The van der Waals surface area contributed by atoms with Gasteiger partial charge in [-0.15, -0.1) is 0 Å². The highest BCUT2D eigenvalue weighted by Gasteiger charge is 2.34. The summed E-state index contributed by atoms with van der Waals surface area (Å²) in [6.45, 7) is 0.915. The largest absolute Gasteiger partial charge is 0.330 e. The summed E-state index contributed by atoms with van der Waals surface area (Å²) in [7, 11) is 1.63. The summed E-state index contributed by atoms with van der Waals surface area (Å²) in [5.41, 5.74) is 6.80. The predicted octanol–water partition coefficient (Wildman–Crippen LogP) is 0.623. The summed E-state index contributed by atoms with van der Waals surface area (Å²) in [6.07, 6.45) is 0. The molecular weight excluding hydrogens is 230 g/mol. The van der Waals surface area contributed by atoms with Crippen molar-refractivity contribution >= 4 is 11.9 Å². The minimum Gasteiger partial charge on any atom is -0.330 e. The van der Waals surface area contributed by atoms with Gasteiger partial charge in [-0.25, -0.2) is 4.79 Å². The highest BCUT2D eigenvalue weighted by Crippen LogP contribution is 2.18. The Morgan fingerprint density at radius 1 is 1.28 bits per heavy atom. The van der Waals surface area contributed by atoms with Crippen LogP contribution in [0.4, 0.5) is 4.79 Å². The van der Waals surface area contributed by atoms with Crippen molar-refractivity contribution in [1.82, 2.24) is 9.80 Å². The van der Waals surface area contributed by atoms with Gasteiger partial charge >= 0.3 is 6.03 Å². The van der Waals surface area contributed by atoms with Gasteiger partial charge < -0.3 is 10.6 Å². The van der Waals surface area contributed by atoms with Crippen LogP contribution in [0.15, 0.2) is 30.3 Å². The number of hydrogen-bond acceptors (Lipinski definition) is 3. The van der Waals surface area contributed by atoms with Crippen molar-refractivity contribution < 1.29 is 9.59 Å². The van der Waals surface area contributed by atoms with Gasteiger partial charge in [-0.3, -0.25) is 9.69 Å². The first-order chi connectivity index (χ1) is 8.63. The van der Waals surface area contributed by atoms with Crippen molar-refractivity contribution in [2.45, 2.75) is 5.92 Å². The molecule has 1 saturated heterocycles. The second-order valence-corrected chi connectivity index (χ2v) is 4.49. The molecule has 1 aliphatic rings. The minimum absolute atomic E-state index is 0.00870. The van der Waals surface area contributed by atoms with E-state index < -0.39 is 0 Å². The van der Waals surface area contributed by atoms with E-state index in [2.05, 4.69) is 0 Å². The number of hydrogen-bond donors (Lipinski definition) is 1. The van der Waals surface area contributed by atoms with Crippen molar-refractivity contribution in [3.63, 3.8) is 0 Å². The van der Waals surface area contributed by atoms with E-state index in [-0.39, 0.29) is 24.4 Å². The lowest BCUT2D eigenvalue weighted by Crippen LogP contribution is -2.37. The number of imide groups is 1. The molecule has 1 aromatic carbocycles. The van der Waals surface area contributed by atoms with Crippen LogP contribution in [0.3, 0.4) is 0 Å². The van der Waals surface area contributed by atoms with Gasteiger partial charge in [-0.05, 0) is 5.56 Å². The second-order valence-electron chi connectivity index (χ2n) is 4.49. The molecule has 0 bridgehead atoms. The Hall–Kier alpha value is -1.88. The molecule has 1 fully saturated rings. The maximum absolute atomic E-state index is 11.8. The van der Waals surface area contributed by atoms with Gasteiger partial charge in [0.1, 0.15) is 6.54 Å². The summed E-state index contributed by atoms with van der Waals surface area (Å²) < 4.78 is 0. The average molecular weight is 247 g/mol. The monoisotopic (exact) mass is 247 g/mol. The Morgan fingerprint density at radius 3 is 2.44 bits per heavy atom. The molecule has 3 amide bonds. The fourth-order valence-electron chi connectivity index (χ4n) is 2.11. The highest BCUT2D eigenvalue weighted by atomic mass is 16.2. The molecule has 1 heterocycles. The van der Waals surface area contributed by atoms with Crippen LogP contribution < -0.4 is 5.73 Å². The van der Waals surface area contributed by atoms with Crippen molar-refractivity contribution in [3.05, 3.63) is 35.9 Å². The third-order valence-electron chi connectivity index (χ3n) is 3.19. The number of benzene rings is 1. The Balaban J connectivity index is 2.12. The van der Waals surface area contributed by atoms with Crippen LogP contribution in [-0.2, 0) is 4.79 Å². The molecule has 1 aliphatic heterocycles. The number of carbonyl (C=O) groups excluding carboxylic acids is 2. The summed E-state index contributed by atoms with van der Waals surface area (Å²) in [5.74, 6) is -0.164. The predicted molar refractivity (Wildman–Crippen MR) is 68.0 cm³/mol. The molecule has 5 nitrogen and oxygen atoms in total. The number of nitrogens with zero attached hydrogens (tertiary/aromatic N) is 2. The number of likely N-dealkylation sites (N-methyl/N-ethyl adjacent to an activating group) is 1. The molecule has 96 valence electrons. The second kappa shape index (κ2) is 5.18. The number of urea groups is 1. The Morgan fingerprint density at radius 2 is 1.94 bits per heavy atom. The smallest absolute Gasteiger partial charge is 0.326 e. The summed E-state index contributed by atoms with van der Waals surface area (Å²) >= 11 is 0. The lowest BCUT2D eigenvalue weighted by atomic mass is 9.99. The first-order valence-corrected chi connectivity index (χ1v) is 5.94. The van der Waals surface area contributed by atoms with E-state index in [4.69, 9.17) is 5.73 Å². The van der Waals surface area contributed by atoms with E-state index in [0.717, 1.165) is 5.56 Å². The number of rotatable bonds is 4. The maximum Gasteiger partial charge on any atom is 0.326 e. The van der Waals surface area contributed by atoms with Gasteiger partial charge in [0.25, 0.3) is 0 Å². The van der Waals surface area contributed by atoms with E-state index in [9.17, 15) is 9.59 Å². The molecule has 5 heteroatoms. The first-order valence-electron chi connectivity index (χ1n) is 5.94. The van der Waals surface area contributed by atoms with E-state index in [1.165, 1.54) is 9.80 Å². The molecular formula is C13H17N3O2. The molecule has 0 radical (unpaired) electrons. The van der Waals surface area contributed by atoms with Crippen LogP contribution in [0.25, 0.3) is 0 Å².